The van der Waals surface area contributed by atoms with E-state index in [1.54, 1.807) is 0 Å². The topological polar surface area (TPSA) is 46.6 Å². The Labute approximate surface area is 135 Å². The maximum Gasteiger partial charge on any atom is 0.523 e. The third-order valence-electron chi connectivity index (χ3n) is 4.36. The summed E-state index contributed by atoms with van der Waals surface area (Å²) in [5.74, 6) is 0. The number of allylic oxidation sites excluding steroid dienone is 2. The van der Waals surface area contributed by atoms with Gasteiger partial charge in [-0.05, 0) is 32.2 Å². The number of alkyl halides is 3. The van der Waals surface area contributed by atoms with Gasteiger partial charge in [-0.2, -0.15) is 21.6 Å². The van der Waals surface area contributed by atoms with Gasteiger partial charge in [-0.3, -0.25) is 9.08 Å². The SMILES string of the molecule is CCCC1(N2CCC[C@H](OS(=O)(=O)C(F)(F)F)C2)C=CC=CC1. The summed E-state index contributed by atoms with van der Waals surface area (Å²) in [6.07, 6.45) is 10.5. The first-order valence-corrected chi connectivity index (χ1v) is 9.20. The molecule has 132 valence electrons. The zero-order chi connectivity index (χ0) is 17.1. The van der Waals surface area contributed by atoms with Gasteiger partial charge < -0.3 is 0 Å². The Morgan fingerprint density at radius 3 is 2.65 bits per heavy atom. The highest BCUT2D eigenvalue weighted by atomic mass is 32.2. The molecule has 0 spiro atoms. The minimum absolute atomic E-state index is 0.188. The lowest BCUT2D eigenvalue weighted by atomic mass is 9.83. The van der Waals surface area contributed by atoms with Crippen molar-refractivity contribution >= 4 is 10.1 Å². The van der Waals surface area contributed by atoms with Gasteiger partial charge in [0.15, 0.2) is 0 Å². The van der Waals surface area contributed by atoms with E-state index in [1.807, 2.05) is 18.2 Å². The first-order chi connectivity index (χ1) is 10.7. The predicted octanol–water partition coefficient (Wildman–Crippen LogP) is 3.37. The highest BCUT2D eigenvalue weighted by Gasteiger charge is 2.49. The highest BCUT2D eigenvalue weighted by Crippen LogP contribution is 2.35. The zero-order valence-electron chi connectivity index (χ0n) is 13.1. The standard InChI is InChI=1S/C15H22F3NO3S/c1-2-8-14(9-4-3-5-10-14)19-11-6-7-13(12-19)22-23(20,21)15(16,17)18/h3-5,9,13H,2,6-8,10-12H2,1H3/t13-,14?/m0/s1. The number of likely N-dealkylation sites (tertiary alicyclic amines) is 1. The molecule has 0 radical (unpaired) electrons. The predicted molar refractivity (Wildman–Crippen MR) is 81.2 cm³/mol. The minimum atomic E-state index is -5.54. The lowest BCUT2D eigenvalue weighted by molar-refractivity contribution is -0.0619. The van der Waals surface area contributed by atoms with Gasteiger partial charge >= 0.3 is 15.6 Å². The molecule has 8 heteroatoms. The quantitative estimate of drug-likeness (QED) is 0.562. The molecule has 1 fully saturated rings. The van der Waals surface area contributed by atoms with Crippen molar-refractivity contribution in [3.63, 3.8) is 0 Å². The van der Waals surface area contributed by atoms with E-state index in [2.05, 4.69) is 22.1 Å². The largest absolute Gasteiger partial charge is 0.523 e. The molecule has 0 amide bonds. The molecule has 1 heterocycles. The second-order valence-corrected chi connectivity index (χ2v) is 7.61. The van der Waals surface area contributed by atoms with Gasteiger partial charge in [-0.15, -0.1) is 0 Å². The summed E-state index contributed by atoms with van der Waals surface area (Å²) in [7, 11) is -5.54. The van der Waals surface area contributed by atoms with Gasteiger partial charge in [0, 0.05) is 12.1 Å². The Bertz CT molecular complexity index is 571. The monoisotopic (exact) mass is 353 g/mol. The summed E-state index contributed by atoms with van der Waals surface area (Å²) in [6.45, 7) is 2.97. The van der Waals surface area contributed by atoms with Crippen LogP contribution in [0.5, 0.6) is 0 Å². The van der Waals surface area contributed by atoms with Gasteiger partial charge in [0.1, 0.15) is 0 Å². The van der Waals surface area contributed by atoms with Crippen LogP contribution in [0.1, 0.15) is 39.0 Å². The van der Waals surface area contributed by atoms with E-state index in [0.29, 0.717) is 12.8 Å². The highest BCUT2D eigenvalue weighted by molar-refractivity contribution is 7.87. The Morgan fingerprint density at radius 2 is 2.09 bits per heavy atom. The van der Waals surface area contributed by atoms with Crippen LogP contribution < -0.4 is 0 Å². The smallest absolute Gasteiger partial charge is 0.291 e. The first-order valence-electron chi connectivity index (χ1n) is 7.79. The Hall–Kier alpha value is -0.860. The lowest BCUT2D eigenvalue weighted by Gasteiger charge is -2.46. The molecule has 1 aliphatic heterocycles. The van der Waals surface area contributed by atoms with Crippen molar-refractivity contribution in [2.45, 2.75) is 56.2 Å². The molecular formula is C15H22F3NO3S. The molecule has 4 nitrogen and oxygen atoms in total. The fraction of sp³-hybridized carbons (Fsp3) is 0.733. The van der Waals surface area contributed by atoms with Crippen molar-refractivity contribution in [2.75, 3.05) is 13.1 Å². The van der Waals surface area contributed by atoms with E-state index in [-0.39, 0.29) is 12.1 Å². The Balaban J connectivity index is 2.11. The minimum Gasteiger partial charge on any atom is -0.291 e. The molecule has 0 aromatic rings. The summed E-state index contributed by atoms with van der Waals surface area (Å²) in [6, 6.07) is 0. The third-order valence-corrected chi connectivity index (χ3v) is 5.45. The number of hydrogen-bond acceptors (Lipinski definition) is 4. The third kappa shape index (κ3) is 4.16. The maximum atomic E-state index is 12.5. The number of rotatable bonds is 5. The molecule has 2 atom stereocenters. The van der Waals surface area contributed by atoms with Crippen molar-refractivity contribution < 1.29 is 25.8 Å². The van der Waals surface area contributed by atoms with Crippen molar-refractivity contribution in [3.05, 3.63) is 24.3 Å². The van der Waals surface area contributed by atoms with E-state index < -0.39 is 21.7 Å². The molecule has 2 aliphatic rings. The fourth-order valence-electron chi connectivity index (χ4n) is 3.32. The molecule has 2 rings (SSSR count). The summed E-state index contributed by atoms with van der Waals surface area (Å²) < 4.78 is 64.4. The van der Waals surface area contributed by atoms with Crippen LogP contribution in [0.4, 0.5) is 13.2 Å². The van der Waals surface area contributed by atoms with E-state index in [1.165, 1.54) is 0 Å². The summed E-state index contributed by atoms with van der Waals surface area (Å²) in [5, 5.41) is 0. The molecule has 23 heavy (non-hydrogen) atoms. The molecule has 0 aromatic carbocycles. The van der Waals surface area contributed by atoms with Crippen LogP contribution in [0, 0.1) is 0 Å². The van der Waals surface area contributed by atoms with Crippen molar-refractivity contribution in [1.29, 1.82) is 0 Å². The molecule has 0 N–H and O–H groups in total. The summed E-state index contributed by atoms with van der Waals surface area (Å²) in [4.78, 5) is 2.07. The van der Waals surface area contributed by atoms with Crippen LogP contribution >= 0.6 is 0 Å². The van der Waals surface area contributed by atoms with Crippen LogP contribution in [0.3, 0.4) is 0 Å². The number of halogens is 3. The second kappa shape index (κ2) is 6.94. The molecule has 0 bridgehead atoms. The van der Waals surface area contributed by atoms with E-state index in [0.717, 1.165) is 25.8 Å². The van der Waals surface area contributed by atoms with Gasteiger partial charge in [-0.25, -0.2) is 0 Å². The Morgan fingerprint density at radius 1 is 1.35 bits per heavy atom. The molecular weight excluding hydrogens is 331 g/mol. The first kappa shape index (κ1) is 18.5. The van der Waals surface area contributed by atoms with Crippen molar-refractivity contribution in [2.24, 2.45) is 0 Å². The van der Waals surface area contributed by atoms with Gasteiger partial charge in [0.05, 0.1) is 6.10 Å². The summed E-state index contributed by atoms with van der Waals surface area (Å²) >= 11 is 0. The average Bonchev–Trinajstić information content (AvgIpc) is 2.47. The van der Waals surface area contributed by atoms with Gasteiger partial charge in [-0.1, -0.05) is 37.6 Å². The van der Waals surface area contributed by atoms with E-state index in [9.17, 15) is 21.6 Å². The average molecular weight is 353 g/mol. The van der Waals surface area contributed by atoms with Crippen LogP contribution in [0.15, 0.2) is 24.3 Å². The number of nitrogens with zero attached hydrogens (tertiary/aromatic N) is 1. The number of piperidine rings is 1. The van der Waals surface area contributed by atoms with Crippen LogP contribution in [0.2, 0.25) is 0 Å². The zero-order valence-corrected chi connectivity index (χ0v) is 13.9. The number of hydrogen-bond donors (Lipinski definition) is 0. The molecule has 1 aliphatic carbocycles. The van der Waals surface area contributed by atoms with Crippen LogP contribution in [-0.2, 0) is 14.3 Å². The molecule has 1 saturated heterocycles. The Kier molecular flexibility index (Phi) is 5.58. The van der Waals surface area contributed by atoms with Crippen molar-refractivity contribution in [3.8, 4) is 0 Å². The van der Waals surface area contributed by atoms with Crippen LogP contribution in [0.25, 0.3) is 0 Å². The van der Waals surface area contributed by atoms with Gasteiger partial charge in [0.25, 0.3) is 0 Å². The van der Waals surface area contributed by atoms with E-state index >= 15 is 0 Å². The molecule has 0 saturated carbocycles. The van der Waals surface area contributed by atoms with Gasteiger partial charge in [0.2, 0.25) is 0 Å². The normalized spacial score (nSPS) is 29.8. The summed E-state index contributed by atoms with van der Waals surface area (Å²) in [5.41, 5.74) is -5.63. The van der Waals surface area contributed by atoms with Crippen LogP contribution in [-0.4, -0.2) is 43.6 Å². The van der Waals surface area contributed by atoms with Crippen molar-refractivity contribution in [1.82, 2.24) is 4.90 Å². The fourth-order valence-corrected chi connectivity index (χ4v) is 3.94. The maximum absolute atomic E-state index is 12.5. The second-order valence-electron chi connectivity index (χ2n) is 6.05. The molecule has 0 aromatic heterocycles. The molecule has 1 unspecified atom stereocenters. The lowest BCUT2D eigenvalue weighted by Crippen LogP contribution is -2.54. The van der Waals surface area contributed by atoms with E-state index in [4.69, 9.17) is 0 Å².